The zero-order chi connectivity index (χ0) is 28.2. The lowest BCUT2D eigenvalue weighted by Gasteiger charge is -2.25. The van der Waals surface area contributed by atoms with Crippen molar-refractivity contribution in [1.29, 1.82) is 5.26 Å². The lowest BCUT2D eigenvalue weighted by atomic mass is 9.79. The van der Waals surface area contributed by atoms with Crippen LogP contribution in [0.15, 0.2) is 0 Å². The molecule has 0 fully saturated rings. The molecule has 0 aromatic rings. The van der Waals surface area contributed by atoms with Crippen LogP contribution in [0.1, 0.15) is 175 Å². The van der Waals surface area contributed by atoms with Crippen molar-refractivity contribution in [2.45, 2.75) is 180 Å². The Morgan fingerprint density at radius 1 is 0.459 bits per heavy atom. The van der Waals surface area contributed by atoms with Crippen molar-refractivity contribution in [3.8, 4) is 6.57 Å². The summed E-state index contributed by atoms with van der Waals surface area (Å²) >= 11 is 0. The number of rotatable bonds is 27. The van der Waals surface area contributed by atoms with Crippen molar-refractivity contribution in [2.75, 3.05) is 0 Å². The molecule has 0 spiro atoms. The molecule has 37 heavy (non-hydrogen) atoms. The van der Waals surface area contributed by atoms with E-state index in [0.717, 1.165) is 57.8 Å². The van der Waals surface area contributed by atoms with Gasteiger partial charge in [0, 0.05) is 25.8 Å². The summed E-state index contributed by atoms with van der Waals surface area (Å²) in [7, 11) is 0. The second-order valence-corrected chi connectivity index (χ2v) is 10.7. The van der Waals surface area contributed by atoms with Crippen molar-refractivity contribution in [3.63, 3.8) is 0 Å². The van der Waals surface area contributed by atoms with E-state index < -0.39 is 5.54 Å². The number of carbonyl (C=O) groups is 3. The van der Waals surface area contributed by atoms with Gasteiger partial charge < -0.3 is 5.73 Å². The molecule has 0 aliphatic rings. The predicted octanol–water partition coefficient (Wildman–Crippen LogP) is 8.95. The molecule has 0 amide bonds. The molecule has 216 valence electrons. The van der Waals surface area contributed by atoms with E-state index in [1.165, 1.54) is 77.0 Å². The molecule has 0 radical (unpaired) electrons. The highest BCUT2D eigenvalue weighted by Crippen LogP contribution is 2.21. The Hall–Kier alpha value is -1.54. The van der Waals surface area contributed by atoms with Gasteiger partial charge in [-0.25, -0.2) is 5.26 Å². The number of unbranched alkanes of at least 4 members (excludes halogenated alkanes) is 18. The van der Waals surface area contributed by atoms with E-state index in [0.29, 0.717) is 0 Å². The predicted molar refractivity (Wildman–Crippen MR) is 156 cm³/mol. The Balaban J connectivity index is 0. The molecule has 0 atom stereocenters. The molecule has 5 nitrogen and oxygen atoms in total. The zero-order valence-electron chi connectivity index (χ0n) is 24.8. The van der Waals surface area contributed by atoms with Crippen molar-refractivity contribution in [3.05, 3.63) is 0 Å². The third kappa shape index (κ3) is 19.2. The maximum atomic E-state index is 13.1. The lowest BCUT2D eigenvalue weighted by molar-refractivity contribution is -0.142. The quantitative estimate of drug-likeness (QED) is 0.0860. The average molecular weight is 521 g/mol. The van der Waals surface area contributed by atoms with Crippen LogP contribution in [-0.4, -0.2) is 22.9 Å². The first-order valence-electron chi connectivity index (χ1n) is 15.6. The van der Waals surface area contributed by atoms with Gasteiger partial charge in [0.1, 0.15) is 0 Å². The van der Waals surface area contributed by atoms with Crippen LogP contribution in [0.3, 0.4) is 0 Å². The summed E-state index contributed by atoms with van der Waals surface area (Å²) in [5.74, 6) is -1.02. The second kappa shape index (κ2) is 27.5. The number of Topliss-reactive ketones (excluding diaryl/α,β-unsaturated/α-hetero) is 3. The Morgan fingerprint density at radius 2 is 0.649 bits per heavy atom. The smallest absolute Gasteiger partial charge is 0.193 e. The number of carbonyl (C=O) groups excluding carboxylic acids is 3. The van der Waals surface area contributed by atoms with Crippen LogP contribution in [-0.2, 0) is 14.4 Å². The first kappa shape index (κ1) is 37.6. The molecule has 0 saturated heterocycles. The van der Waals surface area contributed by atoms with Gasteiger partial charge in [0.2, 0.25) is 0 Å². The van der Waals surface area contributed by atoms with Crippen molar-refractivity contribution >= 4 is 17.3 Å². The minimum atomic E-state index is -1.91. The molecule has 0 heterocycles. The summed E-state index contributed by atoms with van der Waals surface area (Å²) in [6.07, 6.45) is 23.8. The average Bonchev–Trinajstić information content (AvgIpc) is 2.91. The second-order valence-electron chi connectivity index (χ2n) is 10.7. The van der Waals surface area contributed by atoms with Gasteiger partial charge in [0.05, 0.1) is 0 Å². The summed E-state index contributed by atoms with van der Waals surface area (Å²) < 4.78 is 0. The van der Waals surface area contributed by atoms with Crippen molar-refractivity contribution in [1.82, 2.24) is 0 Å². The van der Waals surface area contributed by atoms with Crippen LogP contribution >= 0.6 is 0 Å². The minimum Gasteiger partial charge on any atom is -0.307 e. The summed E-state index contributed by atoms with van der Waals surface area (Å²) in [5, 5.41) is 6.50. The molecule has 5 heteroatoms. The fraction of sp³-hybridized carbons (Fsp3) is 0.875. The van der Waals surface area contributed by atoms with Gasteiger partial charge in [-0.3, -0.25) is 14.4 Å². The molecule has 0 aromatic heterocycles. The zero-order valence-corrected chi connectivity index (χ0v) is 24.8. The van der Waals surface area contributed by atoms with Gasteiger partial charge in [-0.15, -0.1) is 0 Å². The van der Waals surface area contributed by atoms with Crippen LogP contribution in [0.2, 0.25) is 0 Å². The van der Waals surface area contributed by atoms with Crippen molar-refractivity contribution < 1.29 is 14.4 Å². The Morgan fingerprint density at radius 3 is 0.865 bits per heavy atom. The normalized spacial score (nSPS) is 11.1. The molecule has 2 N–H and O–H groups in total. The maximum Gasteiger partial charge on any atom is 0.193 e. The highest BCUT2D eigenvalue weighted by molar-refractivity contribution is 6.29. The van der Waals surface area contributed by atoms with E-state index in [-0.39, 0.29) is 36.6 Å². The van der Waals surface area contributed by atoms with Gasteiger partial charge in [-0.05, 0) is 19.3 Å². The van der Waals surface area contributed by atoms with Gasteiger partial charge in [-0.1, -0.05) is 136 Å². The summed E-state index contributed by atoms with van der Waals surface area (Å²) in [6, 6.07) is 0. The highest BCUT2D eigenvalue weighted by atomic mass is 16.2. The maximum absolute atomic E-state index is 13.1. The van der Waals surface area contributed by atoms with Gasteiger partial charge in [0.25, 0.3) is 0 Å². The number of nitrogens with zero attached hydrogens (tertiary/aromatic N) is 1. The Labute approximate surface area is 229 Å². The minimum absolute atomic E-state index is 0.246. The number of ketones is 3. The van der Waals surface area contributed by atoms with E-state index in [2.05, 4.69) is 27.3 Å². The highest BCUT2D eigenvalue weighted by Gasteiger charge is 2.46. The van der Waals surface area contributed by atoms with Crippen LogP contribution < -0.4 is 5.73 Å². The monoisotopic (exact) mass is 520 g/mol. The molecule has 0 saturated carbocycles. The van der Waals surface area contributed by atoms with E-state index in [1.807, 2.05) is 0 Å². The summed E-state index contributed by atoms with van der Waals surface area (Å²) in [5.41, 5.74) is 4.51. The Bertz CT molecular complexity index is 512. The third-order valence-corrected chi connectivity index (χ3v) is 7.34. The van der Waals surface area contributed by atoms with Crippen molar-refractivity contribution in [2.24, 2.45) is 5.73 Å². The first-order chi connectivity index (χ1) is 17.9. The fourth-order valence-electron chi connectivity index (χ4n) is 4.79. The SMILES string of the molecule is C#N.CCCCCCCCCC(=O)C(N)(C(=O)CCCCCCCCC)C(=O)CCCCCCCCC. The summed E-state index contributed by atoms with van der Waals surface area (Å²) in [6.45, 7) is 10.1. The van der Waals surface area contributed by atoms with Crippen LogP contribution in [0.25, 0.3) is 0 Å². The molecular weight excluding hydrogens is 460 g/mol. The first-order valence-corrected chi connectivity index (χ1v) is 15.6. The van der Waals surface area contributed by atoms with Crippen LogP contribution in [0, 0.1) is 11.8 Å². The number of nitrogens with two attached hydrogens (primary N) is 1. The molecule has 0 unspecified atom stereocenters. The molecular formula is C32H60N2O3. The number of hydrogen-bond acceptors (Lipinski definition) is 5. The Kier molecular flexibility index (Phi) is 27.9. The van der Waals surface area contributed by atoms with Gasteiger partial charge >= 0.3 is 0 Å². The van der Waals surface area contributed by atoms with E-state index in [9.17, 15) is 14.4 Å². The lowest BCUT2D eigenvalue weighted by Crippen LogP contribution is -2.61. The van der Waals surface area contributed by atoms with E-state index in [1.54, 1.807) is 0 Å². The number of hydrogen-bond donors (Lipinski definition) is 1. The topological polar surface area (TPSA) is 101 Å². The molecule has 0 rings (SSSR count). The van der Waals surface area contributed by atoms with Crippen LogP contribution in [0.5, 0.6) is 0 Å². The van der Waals surface area contributed by atoms with E-state index >= 15 is 0 Å². The fourth-order valence-corrected chi connectivity index (χ4v) is 4.79. The molecule has 0 aromatic carbocycles. The van der Waals surface area contributed by atoms with E-state index in [4.69, 9.17) is 11.0 Å². The van der Waals surface area contributed by atoms with Crippen LogP contribution in [0.4, 0.5) is 0 Å². The largest absolute Gasteiger partial charge is 0.307 e. The van der Waals surface area contributed by atoms with Gasteiger partial charge in [0.15, 0.2) is 22.9 Å². The molecule has 0 aliphatic carbocycles. The standard InChI is InChI=1S/C31H59NO3.CHN/c1-4-7-10-13-16-19-22-25-28(33)31(32,29(34)26-23-20-17-14-11-8-5-2)30(35)27-24-21-18-15-12-9-6-3;1-2/h4-27,32H2,1-3H3;1H. The number of nitriles is 1. The third-order valence-electron chi connectivity index (χ3n) is 7.34. The molecule has 0 bridgehead atoms. The summed E-state index contributed by atoms with van der Waals surface area (Å²) in [4.78, 5) is 39.4. The molecule has 0 aliphatic heterocycles. The van der Waals surface area contributed by atoms with Gasteiger partial charge in [-0.2, -0.15) is 0 Å².